The molecule has 0 spiro atoms. The third-order valence-corrected chi connectivity index (χ3v) is 6.27. The molecule has 1 heterocycles. The number of rotatable bonds is 8. The first-order valence-corrected chi connectivity index (χ1v) is 11.6. The fourth-order valence-electron chi connectivity index (χ4n) is 2.98. The second-order valence-electron chi connectivity index (χ2n) is 7.34. The minimum atomic E-state index is -0.341. The number of nitrogens with zero attached hydrogens (tertiary/aromatic N) is 3. The molecule has 0 unspecified atom stereocenters. The van der Waals surface area contributed by atoms with E-state index >= 15 is 0 Å². The van der Waals surface area contributed by atoms with Gasteiger partial charge >= 0.3 is 0 Å². The summed E-state index contributed by atoms with van der Waals surface area (Å²) >= 11 is 13.2. The zero-order chi connectivity index (χ0) is 23.3. The van der Waals surface area contributed by atoms with Crippen LogP contribution in [0.15, 0.2) is 47.6 Å². The average molecular weight is 492 g/mol. The molecule has 3 rings (SSSR count). The smallest absolute Gasteiger partial charge is 0.253 e. The van der Waals surface area contributed by atoms with Gasteiger partial charge in [-0.15, -0.1) is 10.2 Å². The van der Waals surface area contributed by atoms with Crippen LogP contribution in [0.1, 0.15) is 41.5 Å². The SMILES string of the molecule is CC(C)c1ccccc1NC(=O)CSc1nnc(CNC(=O)c2ccc(Cl)cc2Cl)n1C. The summed E-state index contributed by atoms with van der Waals surface area (Å²) in [4.78, 5) is 24.8. The van der Waals surface area contributed by atoms with E-state index in [1.54, 1.807) is 23.7 Å². The molecule has 2 amide bonds. The zero-order valence-corrected chi connectivity index (χ0v) is 20.2. The fraction of sp³-hybridized carbons (Fsp3) is 0.273. The molecular weight excluding hydrogens is 469 g/mol. The molecule has 0 aliphatic rings. The van der Waals surface area contributed by atoms with Crippen LogP contribution in [0.2, 0.25) is 10.0 Å². The molecule has 32 heavy (non-hydrogen) atoms. The molecule has 0 aliphatic heterocycles. The summed E-state index contributed by atoms with van der Waals surface area (Å²) in [5.74, 6) is 0.575. The lowest BCUT2D eigenvalue weighted by atomic mass is 10.0. The normalized spacial score (nSPS) is 10.9. The van der Waals surface area contributed by atoms with Crippen LogP contribution < -0.4 is 10.6 Å². The maximum Gasteiger partial charge on any atom is 0.253 e. The molecule has 7 nitrogen and oxygen atoms in total. The third-order valence-electron chi connectivity index (χ3n) is 4.70. The number of hydrogen-bond acceptors (Lipinski definition) is 5. The van der Waals surface area contributed by atoms with Crippen molar-refractivity contribution in [2.75, 3.05) is 11.1 Å². The van der Waals surface area contributed by atoms with Gasteiger partial charge in [0.25, 0.3) is 5.91 Å². The molecule has 0 saturated heterocycles. The van der Waals surface area contributed by atoms with Crippen molar-refractivity contribution in [2.24, 2.45) is 7.05 Å². The number of amides is 2. The third kappa shape index (κ3) is 6.03. The number of halogens is 2. The highest BCUT2D eigenvalue weighted by Crippen LogP contribution is 2.24. The Morgan fingerprint density at radius 3 is 2.59 bits per heavy atom. The minimum Gasteiger partial charge on any atom is -0.345 e. The van der Waals surface area contributed by atoms with E-state index in [1.807, 2.05) is 24.3 Å². The Balaban J connectivity index is 1.56. The van der Waals surface area contributed by atoms with Gasteiger partial charge in [0, 0.05) is 17.8 Å². The summed E-state index contributed by atoms with van der Waals surface area (Å²) < 4.78 is 1.74. The molecule has 0 aliphatic carbocycles. The highest BCUT2D eigenvalue weighted by molar-refractivity contribution is 7.99. The van der Waals surface area contributed by atoms with Crippen molar-refractivity contribution >= 4 is 52.5 Å². The van der Waals surface area contributed by atoms with E-state index in [0.29, 0.717) is 27.5 Å². The van der Waals surface area contributed by atoms with Crippen molar-refractivity contribution in [3.8, 4) is 0 Å². The van der Waals surface area contributed by atoms with Gasteiger partial charge in [0.2, 0.25) is 5.91 Å². The molecule has 3 aromatic rings. The van der Waals surface area contributed by atoms with Crippen molar-refractivity contribution in [1.82, 2.24) is 20.1 Å². The maximum absolute atomic E-state index is 12.4. The van der Waals surface area contributed by atoms with Crippen LogP contribution in [0.3, 0.4) is 0 Å². The Labute approximate surface area is 200 Å². The Bertz CT molecular complexity index is 1130. The lowest BCUT2D eigenvalue weighted by Gasteiger charge is -2.13. The number of para-hydroxylation sites is 1. The van der Waals surface area contributed by atoms with Gasteiger partial charge in [-0.25, -0.2) is 0 Å². The topological polar surface area (TPSA) is 88.9 Å². The summed E-state index contributed by atoms with van der Waals surface area (Å²) in [7, 11) is 1.78. The van der Waals surface area contributed by atoms with E-state index in [0.717, 1.165) is 11.3 Å². The highest BCUT2D eigenvalue weighted by atomic mass is 35.5. The van der Waals surface area contributed by atoms with Gasteiger partial charge in [0.15, 0.2) is 11.0 Å². The molecule has 1 aromatic heterocycles. The second-order valence-corrected chi connectivity index (χ2v) is 9.13. The van der Waals surface area contributed by atoms with Crippen LogP contribution in [-0.4, -0.2) is 32.3 Å². The largest absolute Gasteiger partial charge is 0.345 e. The summed E-state index contributed by atoms with van der Waals surface area (Å²) in [5.41, 5.74) is 2.23. The van der Waals surface area contributed by atoms with Crippen LogP contribution in [0.25, 0.3) is 0 Å². The molecule has 168 valence electrons. The van der Waals surface area contributed by atoms with E-state index in [-0.39, 0.29) is 29.1 Å². The van der Waals surface area contributed by atoms with Crippen molar-refractivity contribution in [1.29, 1.82) is 0 Å². The Kier molecular flexibility index (Phi) is 8.17. The van der Waals surface area contributed by atoms with Crippen LogP contribution in [-0.2, 0) is 18.4 Å². The van der Waals surface area contributed by atoms with E-state index in [4.69, 9.17) is 23.2 Å². The zero-order valence-electron chi connectivity index (χ0n) is 17.9. The van der Waals surface area contributed by atoms with Crippen LogP contribution in [0.4, 0.5) is 5.69 Å². The molecule has 2 N–H and O–H groups in total. The Morgan fingerprint density at radius 2 is 1.88 bits per heavy atom. The van der Waals surface area contributed by atoms with Crippen molar-refractivity contribution in [3.05, 3.63) is 69.5 Å². The predicted molar refractivity (Wildman–Crippen MR) is 129 cm³/mol. The molecule has 10 heteroatoms. The van der Waals surface area contributed by atoms with Gasteiger partial charge in [0.05, 0.1) is 22.9 Å². The Morgan fingerprint density at radius 1 is 1.12 bits per heavy atom. The van der Waals surface area contributed by atoms with Crippen LogP contribution in [0, 0.1) is 0 Å². The van der Waals surface area contributed by atoms with E-state index in [2.05, 4.69) is 34.7 Å². The Hall–Kier alpha value is -2.55. The number of hydrogen-bond donors (Lipinski definition) is 2. The number of thioether (sulfide) groups is 1. The quantitative estimate of drug-likeness (QED) is 0.437. The fourth-order valence-corrected chi connectivity index (χ4v) is 4.21. The monoisotopic (exact) mass is 491 g/mol. The summed E-state index contributed by atoms with van der Waals surface area (Å²) in [6, 6.07) is 12.4. The first kappa shape index (κ1) is 24.1. The van der Waals surface area contributed by atoms with Gasteiger partial charge in [-0.05, 0) is 35.7 Å². The van der Waals surface area contributed by atoms with Crippen LogP contribution in [0.5, 0.6) is 0 Å². The van der Waals surface area contributed by atoms with E-state index in [9.17, 15) is 9.59 Å². The van der Waals surface area contributed by atoms with E-state index in [1.165, 1.54) is 17.8 Å². The molecule has 0 saturated carbocycles. The molecule has 0 bridgehead atoms. The number of benzene rings is 2. The number of carbonyl (C=O) groups is 2. The number of carbonyl (C=O) groups excluding carboxylic acids is 2. The highest BCUT2D eigenvalue weighted by Gasteiger charge is 2.15. The van der Waals surface area contributed by atoms with Gasteiger partial charge < -0.3 is 15.2 Å². The summed E-state index contributed by atoms with van der Waals surface area (Å²) in [6.07, 6.45) is 0. The molecule has 2 aromatic carbocycles. The van der Waals surface area contributed by atoms with Crippen molar-refractivity contribution in [2.45, 2.75) is 31.5 Å². The van der Waals surface area contributed by atoms with Gasteiger partial charge in [0.1, 0.15) is 0 Å². The summed E-state index contributed by atoms with van der Waals surface area (Å²) in [5, 5.41) is 15.3. The maximum atomic E-state index is 12.4. The summed E-state index contributed by atoms with van der Waals surface area (Å²) in [6.45, 7) is 4.33. The lowest BCUT2D eigenvalue weighted by molar-refractivity contribution is -0.113. The second kappa shape index (κ2) is 10.8. The number of anilines is 1. The number of nitrogens with one attached hydrogen (secondary N) is 2. The number of aromatic nitrogens is 3. The average Bonchev–Trinajstić information content (AvgIpc) is 3.10. The van der Waals surface area contributed by atoms with Gasteiger partial charge in [-0.3, -0.25) is 9.59 Å². The van der Waals surface area contributed by atoms with Crippen molar-refractivity contribution in [3.63, 3.8) is 0 Å². The van der Waals surface area contributed by atoms with Gasteiger partial charge in [-0.1, -0.05) is 67.0 Å². The standard InChI is InChI=1S/C22H23Cl2N5O2S/c1-13(2)15-6-4-5-7-18(15)26-20(30)12-32-22-28-27-19(29(22)3)11-25-21(31)16-9-8-14(23)10-17(16)24/h4-10,13H,11-12H2,1-3H3,(H,25,31)(H,26,30). The first-order valence-electron chi connectivity index (χ1n) is 9.89. The van der Waals surface area contributed by atoms with E-state index < -0.39 is 0 Å². The molecular formula is C22H23Cl2N5O2S. The first-order chi connectivity index (χ1) is 15.3. The van der Waals surface area contributed by atoms with Crippen LogP contribution >= 0.6 is 35.0 Å². The lowest BCUT2D eigenvalue weighted by Crippen LogP contribution is -2.24. The van der Waals surface area contributed by atoms with Crippen molar-refractivity contribution < 1.29 is 9.59 Å². The molecule has 0 radical (unpaired) electrons. The predicted octanol–water partition coefficient (Wildman–Crippen LogP) is 4.91. The minimum absolute atomic E-state index is 0.127. The molecule has 0 atom stereocenters. The molecule has 0 fully saturated rings. The van der Waals surface area contributed by atoms with Gasteiger partial charge in [-0.2, -0.15) is 0 Å².